The minimum atomic E-state index is -3.35. The Labute approximate surface area is 123 Å². The second kappa shape index (κ2) is 6.98. The summed E-state index contributed by atoms with van der Waals surface area (Å²) in [7, 11) is -2.04. The number of hydrogen-bond acceptors (Lipinski definition) is 3. The van der Waals surface area contributed by atoms with Gasteiger partial charge in [0.2, 0.25) is 5.91 Å². The third-order valence-electron chi connectivity index (χ3n) is 3.07. The fraction of sp³-hybridized carbons (Fsp3) is 0.500. The molecule has 0 aliphatic heterocycles. The van der Waals surface area contributed by atoms with Gasteiger partial charge in [-0.05, 0) is 31.5 Å². The molecule has 0 unspecified atom stereocenters. The van der Waals surface area contributed by atoms with Crippen LogP contribution in [0.3, 0.4) is 0 Å². The van der Waals surface area contributed by atoms with Gasteiger partial charge in [-0.1, -0.05) is 12.1 Å². The van der Waals surface area contributed by atoms with Crippen LogP contribution in [0.15, 0.2) is 29.2 Å². The molecule has 1 aromatic rings. The summed E-state index contributed by atoms with van der Waals surface area (Å²) >= 11 is 0. The van der Waals surface area contributed by atoms with Crippen molar-refractivity contribution in [2.24, 2.45) is 0 Å². The highest BCUT2D eigenvalue weighted by atomic mass is 32.2. The van der Waals surface area contributed by atoms with Crippen LogP contribution in [-0.4, -0.2) is 44.5 Å². The molecule has 0 aromatic heterocycles. The molecule has 0 aliphatic carbocycles. The molecular weight excluding hydrogens is 300 g/mol. The van der Waals surface area contributed by atoms with Crippen LogP contribution in [0.2, 0.25) is 0 Å². The van der Waals surface area contributed by atoms with Gasteiger partial charge in [0.25, 0.3) is 6.43 Å². The first-order valence-electron chi connectivity index (χ1n) is 6.49. The number of carbonyl (C=O) groups excluding carboxylic acids is 1. The van der Waals surface area contributed by atoms with Gasteiger partial charge in [0.05, 0.1) is 23.1 Å². The van der Waals surface area contributed by atoms with E-state index in [1.807, 2.05) is 0 Å². The average Bonchev–Trinajstić information content (AvgIpc) is 2.38. The predicted molar refractivity (Wildman–Crippen MR) is 76.1 cm³/mol. The minimum absolute atomic E-state index is 0.0365. The average molecular weight is 319 g/mol. The fourth-order valence-electron chi connectivity index (χ4n) is 1.69. The molecule has 0 fully saturated rings. The lowest BCUT2D eigenvalue weighted by atomic mass is 10.1. The molecule has 7 heteroatoms. The molecule has 0 radical (unpaired) electrons. The Balaban J connectivity index is 2.78. The summed E-state index contributed by atoms with van der Waals surface area (Å²) in [5, 5.41) is -0.526. The van der Waals surface area contributed by atoms with E-state index in [4.69, 9.17) is 0 Å². The van der Waals surface area contributed by atoms with Crippen molar-refractivity contribution in [1.82, 2.24) is 4.90 Å². The third kappa shape index (κ3) is 4.77. The SMILES string of the molecule is CC(C)S(=O)(=O)c1ccc(CC(=O)N(C)CC(F)F)cc1. The van der Waals surface area contributed by atoms with E-state index < -0.39 is 34.0 Å². The monoisotopic (exact) mass is 319 g/mol. The number of likely N-dealkylation sites (N-methyl/N-ethyl adjacent to an activating group) is 1. The molecule has 1 rings (SSSR count). The van der Waals surface area contributed by atoms with E-state index in [9.17, 15) is 22.0 Å². The van der Waals surface area contributed by atoms with Crippen molar-refractivity contribution in [3.63, 3.8) is 0 Å². The maximum Gasteiger partial charge on any atom is 0.255 e. The van der Waals surface area contributed by atoms with Crippen LogP contribution in [0, 0.1) is 0 Å². The lowest BCUT2D eigenvalue weighted by Crippen LogP contribution is -2.32. The summed E-state index contributed by atoms with van der Waals surface area (Å²) in [4.78, 5) is 12.9. The zero-order chi connectivity index (χ0) is 16.2. The summed E-state index contributed by atoms with van der Waals surface area (Å²) in [6.07, 6.45) is -2.61. The number of nitrogens with zero attached hydrogens (tertiary/aromatic N) is 1. The first-order chi connectivity index (χ1) is 9.64. The fourth-order valence-corrected chi connectivity index (χ4v) is 2.75. The van der Waals surface area contributed by atoms with Gasteiger partial charge < -0.3 is 4.90 Å². The summed E-state index contributed by atoms with van der Waals surface area (Å²) in [6, 6.07) is 5.93. The molecule has 21 heavy (non-hydrogen) atoms. The molecule has 0 aliphatic rings. The van der Waals surface area contributed by atoms with Crippen molar-refractivity contribution in [2.45, 2.75) is 36.8 Å². The molecule has 0 N–H and O–H groups in total. The molecule has 0 atom stereocenters. The highest BCUT2D eigenvalue weighted by Gasteiger charge is 2.19. The number of sulfone groups is 1. The number of carbonyl (C=O) groups is 1. The van der Waals surface area contributed by atoms with Gasteiger partial charge in [-0.3, -0.25) is 4.79 Å². The number of benzene rings is 1. The molecular formula is C14H19F2NO3S. The maximum atomic E-state index is 12.2. The molecule has 1 amide bonds. The van der Waals surface area contributed by atoms with E-state index in [2.05, 4.69) is 0 Å². The molecule has 4 nitrogen and oxygen atoms in total. The lowest BCUT2D eigenvalue weighted by Gasteiger charge is -2.16. The number of amides is 1. The lowest BCUT2D eigenvalue weighted by molar-refractivity contribution is -0.130. The van der Waals surface area contributed by atoms with Crippen LogP contribution in [0.5, 0.6) is 0 Å². The smallest absolute Gasteiger partial charge is 0.255 e. The van der Waals surface area contributed by atoms with Crippen molar-refractivity contribution in [3.8, 4) is 0 Å². The quantitative estimate of drug-likeness (QED) is 0.807. The Morgan fingerprint density at radius 2 is 1.71 bits per heavy atom. The largest absolute Gasteiger partial charge is 0.340 e. The molecule has 0 spiro atoms. The summed E-state index contributed by atoms with van der Waals surface area (Å²) in [5.41, 5.74) is 0.587. The van der Waals surface area contributed by atoms with Crippen LogP contribution in [0.1, 0.15) is 19.4 Å². The molecule has 0 saturated carbocycles. The van der Waals surface area contributed by atoms with Crippen molar-refractivity contribution >= 4 is 15.7 Å². The molecule has 0 saturated heterocycles. The second-order valence-electron chi connectivity index (χ2n) is 5.08. The van der Waals surface area contributed by atoms with Crippen LogP contribution >= 0.6 is 0 Å². The van der Waals surface area contributed by atoms with E-state index in [0.717, 1.165) is 4.90 Å². The zero-order valence-electron chi connectivity index (χ0n) is 12.2. The molecule has 118 valence electrons. The van der Waals surface area contributed by atoms with Crippen LogP contribution in [0.4, 0.5) is 8.78 Å². The van der Waals surface area contributed by atoms with E-state index in [0.29, 0.717) is 5.56 Å². The highest BCUT2D eigenvalue weighted by molar-refractivity contribution is 7.92. The van der Waals surface area contributed by atoms with Gasteiger partial charge >= 0.3 is 0 Å². The van der Waals surface area contributed by atoms with Gasteiger partial charge in [0.15, 0.2) is 9.84 Å². The molecule has 1 aromatic carbocycles. The second-order valence-corrected chi connectivity index (χ2v) is 7.58. The Bertz CT molecular complexity index is 583. The summed E-state index contributed by atoms with van der Waals surface area (Å²) in [5.74, 6) is -0.435. The topological polar surface area (TPSA) is 54.5 Å². The molecule has 0 heterocycles. The number of rotatable bonds is 6. The van der Waals surface area contributed by atoms with Crippen molar-refractivity contribution in [1.29, 1.82) is 0 Å². The van der Waals surface area contributed by atoms with E-state index in [1.165, 1.54) is 31.3 Å². The Kier molecular flexibility index (Phi) is 5.83. The Morgan fingerprint density at radius 3 is 2.14 bits per heavy atom. The van der Waals surface area contributed by atoms with E-state index >= 15 is 0 Å². The van der Waals surface area contributed by atoms with E-state index in [-0.39, 0.29) is 11.3 Å². The van der Waals surface area contributed by atoms with Gasteiger partial charge in [0.1, 0.15) is 0 Å². The first-order valence-corrected chi connectivity index (χ1v) is 8.04. The minimum Gasteiger partial charge on any atom is -0.340 e. The van der Waals surface area contributed by atoms with Crippen LogP contribution in [0.25, 0.3) is 0 Å². The van der Waals surface area contributed by atoms with Crippen LogP contribution in [-0.2, 0) is 21.1 Å². The van der Waals surface area contributed by atoms with Crippen molar-refractivity contribution in [3.05, 3.63) is 29.8 Å². The van der Waals surface area contributed by atoms with Gasteiger partial charge in [-0.2, -0.15) is 0 Å². The van der Waals surface area contributed by atoms with Crippen molar-refractivity contribution < 1.29 is 22.0 Å². The van der Waals surface area contributed by atoms with Gasteiger partial charge in [-0.25, -0.2) is 17.2 Å². The van der Waals surface area contributed by atoms with Gasteiger partial charge in [0, 0.05) is 7.05 Å². The number of halogens is 2. The summed E-state index contributed by atoms with van der Waals surface area (Å²) < 4.78 is 48.2. The van der Waals surface area contributed by atoms with Gasteiger partial charge in [-0.15, -0.1) is 0 Å². The Hall–Kier alpha value is -1.50. The van der Waals surface area contributed by atoms with E-state index in [1.54, 1.807) is 13.8 Å². The predicted octanol–water partition coefficient (Wildman–Crippen LogP) is 2.13. The van der Waals surface area contributed by atoms with Crippen LogP contribution < -0.4 is 0 Å². The third-order valence-corrected chi connectivity index (χ3v) is 5.24. The maximum absolute atomic E-state index is 12.2. The zero-order valence-corrected chi connectivity index (χ0v) is 13.0. The molecule has 0 bridgehead atoms. The first kappa shape index (κ1) is 17.6. The number of alkyl halides is 2. The normalized spacial score (nSPS) is 12.0. The summed E-state index contributed by atoms with van der Waals surface area (Å²) in [6.45, 7) is 2.57. The van der Waals surface area contributed by atoms with Crippen molar-refractivity contribution in [2.75, 3.05) is 13.6 Å². The Morgan fingerprint density at radius 1 is 1.19 bits per heavy atom. The number of hydrogen-bond donors (Lipinski definition) is 0. The highest BCUT2D eigenvalue weighted by Crippen LogP contribution is 2.17. The standard InChI is InChI=1S/C14H19F2NO3S/c1-10(2)21(19,20)12-6-4-11(5-7-12)8-14(18)17(3)9-13(15)16/h4-7,10,13H,8-9H2,1-3H3.